The van der Waals surface area contributed by atoms with Crippen LogP contribution in [0.15, 0.2) is 0 Å². The Balaban J connectivity index is 0.000000829. The highest BCUT2D eigenvalue weighted by atomic mass is 16.5. The third-order valence-corrected chi connectivity index (χ3v) is 3.21. The van der Waals surface area contributed by atoms with Gasteiger partial charge in [0.25, 0.3) is 5.91 Å². The summed E-state index contributed by atoms with van der Waals surface area (Å²) in [6, 6.07) is 0.510. The predicted octanol–water partition coefficient (Wildman–Crippen LogP) is 0.803. The molecule has 0 aromatic rings. The van der Waals surface area contributed by atoms with Crippen molar-refractivity contribution >= 4 is 11.9 Å². The van der Waals surface area contributed by atoms with Crippen molar-refractivity contribution in [3.05, 3.63) is 0 Å². The number of ether oxygens (including phenoxy) is 1. The fraction of sp³-hybridized carbons (Fsp3) is 0.857. The second-order valence-corrected chi connectivity index (χ2v) is 4.34. The van der Waals surface area contributed by atoms with Gasteiger partial charge in [-0.3, -0.25) is 14.5 Å². The summed E-state index contributed by atoms with van der Waals surface area (Å²) < 4.78 is 4.71. The van der Waals surface area contributed by atoms with E-state index in [0.717, 1.165) is 19.5 Å². The van der Waals surface area contributed by atoms with E-state index in [1.54, 1.807) is 0 Å². The molecule has 20 heavy (non-hydrogen) atoms. The van der Waals surface area contributed by atoms with Gasteiger partial charge in [-0.05, 0) is 6.42 Å². The lowest BCUT2D eigenvalue weighted by molar-refractivity contribution is -0.163. The minimum atomic E-state index is -0.414. The monoisotopic (exact) mass is 287 g/mol. The summed E-state index contributed by atoms with van der Waals surface area (Å²) in [5, 5.41) is 0. The van der Waals surface area contributed by atoms with E-state index in [9.17, 15) is 9.59 Å². The van der Waals surface area contributed by atoms with E-state index in [2.05, 4.69) is 4.90 Å². The second kappa shape index (κ2) is 9.72. The lowest BCUT2D eigenvalue weighted by atomic mass is 9.87. The summed E-state index contributed by atoms with van der Waals surface area (Å²) in [7, 11) is 0. The number of hydrogen-bond acceptors (Lipinski definition) is 5. The molecule has 0 spiro atoms. The van der Waals surface area contributed by atoms with E-state index in [0.29, 0.717) is 6.67 Å². The van der Waals surface area contributed by atoms with Crippen LogP contribution < -0.4 is 5.73 Å². The summed E-state index contributed by atoms with van der Waals surface area (Å²) in [6.07, 6.45) is 1.04. The quantitative estimate of drug-likeness (QED) is 0.777. The zero-order chi connectivity index (χ0) is 15.7. The molecule has 3 aliphatic heterocycles. The topological polar surface area (TPSA) is 75.9 Å². The fourth-order valence-corrected chi connectivity index (χ4v) is 2.49. The van der Waals surface area contributed by atoms with Crippen molar-refractivity contribution in [2.45, 2.75) is 53.1 Å². The van der Waals surface area contributed by atoms with Gasteiger partial charge in [-0.1, -0.05) is 27.7 Å². The molecule has 1 amide bonds. The Kier molecular flexibility index (Phi) is 9.16. The van der Waals surface area contributed by atoms with Gasteiger partial charge in [0.05, 0.1) is 0 Å². The molecule has 3 saturated heterocycles. The molecule has 0 aromatic carbocycles. The van der Waals surface area contributed by atoms with Crippen molar-refractivity contribution in [2.24, 2.45) is 5.73 Å². The molecule has 2 atom stereocenters. The molecule has 0 aromatic heterocycles. The summed E-state index contributed by atoms with van der Waals surface area (Å²) >= 11 is 0. The van der Waals surface area contributed by atoms with Crippen LogP contribution >= 0.6 is 0 Å². The Morgan fingerprint density at radius 1 is 1.15 bits per heavy atom. The van der Waals surface area contributed by atoms with Crippen LogP contribution in [0, 0.1) is 0 Å². The molecule has 118 valence electrons. The highest BCUT2D eigenvalue weighted by Crippen LogP contribution is 2.31. The third-order valence-electron chi connectivity index (χ3n) is 3.21. The molecule has 0 aliphatic carbocycles. The Hall–Kier alpha value is -1.14. The first-order valence-electron chi connectivity index (χ1n) is 7.48. The highest BCUT2D eigenvalue weighted by molar-refractivity contribution is 5.81. The lowest BCUT2D eigenvalue weighted by Gasteiger charge is -2.56. The van der Waals surface area contributed by atoms with Crippen molar-refractivity contribution in [1.82, 2.24) is 9.80 Å². The fourth-order valence-electron chi connectivity index (χ4n) is 2.49. The normalized spacial score (nSPS) is 23.4. The van der Waals surface area contributed by atoms with Gasteiger partial charge < -0.3 is 15.4 Å². The van der Waals surface area contributed by atoms with Crippen molar-refractivity contribution < 1.29 is 14.3 Å². The van der Waals surface area contributed by atoms with Crippen LogP contribution in [0.2, 0.25) is 0 Å². The van der Waals surface area contributed by atoms with Crippen molar-refractivity contribution in [2.75, 3.05) is 26.4 Å². The molecular weight excluding hydrogens is 258 g/mol. The maximum absolute atomic E-state index is 11.7. The molecule has 0 saturated carbocycles. The molecule has 2 unspecified atom stereocenters. The van der Waals surface area contributed by atoms with Crippen LogP contribution in [0.25, 0.3) is 0 Å². The first kappa shape index (κ1) is 18.9. The predicted molar refractivity (Wildman–Crippen MR) is 79.0 cm³/mol. The zero-order valence-corrected chi connectivity index (χ0v) is 13.4. The van der Waals surface area contributed by atoms with Crippen LogP contribution in [-0.2, 0) is 14.3 Å². The number of esters is 1. The highest BCUT2D eigenvalue weighted by Gasteiger charge is 2.46. The van der Waals surface area contributed by atoms with Crippen LogP contribution in [0.3, 0.4) is 0 Å². The Morgan fingerprint density at radius 3 is 2.05 bits per heavy atom. The minimum absolute atomic E-state index is 0.0897. The first-order chi connectivity index (χ1) is 9.61. The van der Waals surface area contributed by atoms with Gasteiger partial charge in [-0.2, -0.15) is 0 Å². The largest absolute Gasteiger partial charge is 0.456 e. The second-order valence-electron chi connectivity index (χ2n) is 4.34. The smallest absolute Gasteiger partial charge is 0.303 e. The van der Waals surface area contributed by atoms with E-state index < -0.39 is 5.97 Å². The van der Waals surface area contributed by atoms with Gasteiger partial charge in [0.1, 0.15) is 0 Å². The number of carbonyl (C=O) groups excluding carboxylic acids is 2. The van der Waals surface area contributed by atoms with Crippen molar-refractivity contribution in [3.8, 4) is 0 Å². The molecule has 0 radical (unpaired) electrons. The average Bonchev–Trinajstić information content (AvgIpc) is 2.49. The summed E-state index contributed by atoms with van der Waals surface area (Å²) in [5.41, 5.74) is 5.56. The SMILES string of the molecule is CC.CC.CC(=O)OCC(=O)N1C2CC1CN(CN)C2. The molecule has 6 nitrogen and oxygen atoms in total. The molecule has 6 heteroatoms. The third kappa shape index (κ3) is 4.76. The van der Waals surface area contributed by atoms with Gasteiger partial charge in [0, 0.05) is 38.8 Å². The molecule has 2 N–H and O–H groups in total. The molecule has 3 heterocycles. The van der Waals surface area contributed by atoms with Crippen molar-refractivity contribution in [3.63, 3.8) is 0 Å². The number of rotatable bonds is 3. The van der Waals surface area contributed by atoms with Gasteiger partial charge in [0.15, 0.2) is 6.61 Å². The number of carbonyl (C=O) groups is 2. The number of piperidine rings is 1. The number of piperazine rings is 1. The van der Waals surface area contributed by atoms with Crippen LogP contribution in [0.1, 0.15) is 41.0 Å². The van der Waals surface area contributed by atoms with E-state index in [1.807, 2.05) is 32.6 Å². The average molecular weight is 287 g/mol. The number of hydrogen-bond donors (Lipinski definition) is 1. The maximum Gasteiger partial charge on any atom is 0.303 e. The van der Waals surface area contributed by atoms with E-state index in [-0.39, 0.29) is 24.6 Å². The first-order valence-corrected chi connectivity index (χ1v) is 7.48. The van der Waals surface area contributed by atoms with E-state index >= 15 is 0 Å². The van der Waals surface area contributed by atoms with E-state index in [4.69, 9.17) is 10.5 Å². The molecule has 3 fully saturated rings. The number of amides is 1. The Labute approximate surface area is 122 Å². The van der Waals surface area contributed by atoms with Gasteiger partial charge in [-0.15, -0.1) is 0 Å². The number of nitrogens with two attached hydrogens (primary N) is 1. The standard InChI is InChI=1S/C10H17N3O3.2C2H6/c1-7(14)16-5-10(15)13-8-2-9(13)4-12(3-8)6-11;2*1-2/h8-9H,2-6,11H2,1H3;2*1-2H3. The van der Waals surface area contributed by atoms with Gasteiger partial charge >= 0.3 is 5.97 Å². The summed E-state index contributed by atoms with van der Waals surface area (Å²) in [4.78, 5) is 26.3. The minimum Gasteiger partial charge on any atom is -0.456 e. The van der Waals surface area contributed by atoms with Gasteiger partial charge in [0.2, 0.25) is 0 Å². The number of nitrogens with zero attached hydrogens (tertiary/aromatic N) is 2. The molecular formula is C14H29N3O3. The van der Waals surface area contributed by atoms with Crippen LogP contribution in [-0.4, -0.2) is 60.1 Å². The molecule has 2 bridgehead atoms. The van der Waals surface area contributed by atoms with Crippen LogP contribution in [0.4, 0.5) is 0 Å². The van der Waals surface area contributed by atoms with Crippen LogP contribution in [0.5, 0.6) is 0 Å². The summed E-state index contributed by atoms with van der Waals surface area (Å²) in [6.45, 7) is 11.4. The van der Waals surface area contributed by atoms with E-state index in [1.165, 1.54) is 6.92 Å². The van der Waals surface area contributed by atoms with Crippen molar-refractivity contribution in [1.29, 1.82) is 0 Å². The van der Waals surface area contributed by atoms with Gasteiger partial charge in [-0.25, -0.2) is 0 Å². The zero-order valence-electron chi connectivity index (χ0n) is 13.4. The number of fused-ring (bicyclic) bond motifs is 2. The Bertz CT molecular complexity index is 298. The lowest BCUT2D eigenvalue weighted by Crippen LogP contribution is -2.71. The maximum atomic E-state index is 11.7. The molecule has 3 aliphatic rings. The molecule has 3 rings (SSSR count). The summed E-state index contributed by atoms with van der Waals surface area (Å²) in [5.74, 6) is -0.504. The Morgan fingerprint density at radius 2 is 1.65 bits per heavy atom.